The lowest BCUT2D eigenvalue weighted by Gasteiger charge is -2.43. The van der Waals surface area contributed by atoms with Gasteiger partial charge < -0.3 is 24.4 Å². The number of piperidine rings is 1. The van der Waals surface area contributed by atoms with E-state index in [9.17, 15) is 18.0 Å². The van der Waals surface area contributed by atoms with Crippen molar-refractivity contribution in [2.45, 2.75) is 119 Å². The molecule has 2 heterocycles. The van der Waals surface area contributed by atoms with Crippen LogP contribution in [0, 0.1) is 0 Å². The zero-order valence-electron chi connectivity index (χ0n) is 32.1. The maximum absolute atomic E-state index is 17.1. The molecule has 4 aromatic carbocycles. The predicted molar refractivity (Wildman–Crippen MR) is 208 cm³/mol. The van der Waals surface area contributed by atoms with Crippen molar-refractivity contribution in [3.05, 3.63) is 96.6 Å². The summed E-state index contributed by atoms with van der Waals surface area (Å²) in [7, 11) is -3.62. The van der Waals surface area contributed by atoms with Crippen molar-refractivity contribution in [1.82, 2.24) is 14.5 Å². The Morgan fingerprint density at radius 2 is 1.39 bits per heavy atom. The molecule has 1 aliphatic carbocycles. The number of carbonyl (C=O) groups is 2. The first-order valence-corrected chi connectivity index (χ1v) is 20.7. The topological polar surface area (TPSA) is 114 Å². The van der Waals surface area contributed by atoms with Crippen LogP contribution in [0.1, 0.15) is 77.7 Å². The molecule has 2 saturated heterocycles. The fourth-order valence-corrected chi connectivity index (χ4v) is 9.62. The molecule has 3 aliphatic rings. The van der Waals surface area contributed by atoms with Gasteiger partial charge in [-0.05, 0) is 144 Å². The maximum atomic E-state index is 17.1. The molecule has 2 amide bonds. The van der Waals surface area contributed by atoms with E-state index >= 15 is 8.78 Å². The van der Waals surface area contributed by atoms with E-state index in [1.54, 1.807) is 63.2 Å². The molecule has 56 heavy (non-hydrogen) atoms. The third-order valence-corrected chi connectivity index (χ3v) is 12.8. The van der Waals surface area contributed by atoms with Crippen molar-refractivity contribution in [2.75, 3.05) is 7.05 Å². The third kappa shape index (κ3) is 8.48. The summed E-state index contributed by atoms with van der Waals surface area (Å²) in [6, 6.07) is 20.0. The molecular weight excluding hydrogens is 741 g/mol. The first-order chi connectivity index (χ1) is 26.6. The molecule has 13 heteroatoms. The SMILES string of the molecule is CN(C(C(=O)N1C2CCC1CC(NC(=O)OC(C)(C)C)C2)C(F)(F)c1ccc(Oc2ccccc2)cc1)S(=O)(=O)c1ccc2cc(OC3CCCC3)ccc2c1. The number of rotatable bonds is 11. The number of likely N-dealkylation sites (N-methyl/N-ethyl adjacent to an activating group) is 1. The van der Waals surface area contributed by atoms with Gasteiger partial charge in [0.25, 0.3) is 5.92 Å². The Labute approximate surface area is 327 Å². The van der Waals surface area contributed by atoms with Crippen molar-refractivity contribution in [3.63, 3.8) is 0 Å². The minimum absolute atomic E-state index is 0.145. The number of hydrogen-bond acceptors (Lipinski definition) is 7. The number of nitrogens with one attached hydrogen (secondary N) is 1. The van der Waals surface area contributed by atoms with Gasteiger partial charge in [-0.25, -0.2) is 13.2 Å². The van der Waals surface area contributed by atoms with Gasteiger partial charge in [0.15, 0.2) is 6.04 Å². The molecule has 0 radical (unpaired) electrons. The van der Waals surface area contributed by atoms with Gasteiger partial charge in [0.05, 0.1) is 11.0 Å². The molecule has 3 atom stereocenters. The summed E-state index contributed by atoms with van der Waals surface area (Å²) in [5, 5.41) is 4.19. The molecule has 3 unspecified atom stereocenters. The molecule has 2 bridgehead atoms. The zero-order chi connectivity index (χ0) is 39.8. The molecule has 1 N–H and O–H groups in total. The number of hydrogen-bond donors (Lipinski definition) is 1. The average molecular weight is 790 g/mol. The molecule has 7 rings (SSSR count). The second-order valence-electron chi connectivity index (χ2n) is 16.1. The fourth-order valence-electron chi connectivity index (χ4n) is 8.28. The van der Waals surface area contributed by atoms with Crippen LogP contribution >= 0.6 is 0 Å². The average Bonchev–Trinajstić information content (AvgIpc) is 3.76. The molecule has 2 aliphatic heterocycles. The molecule has 0 spiro atoms. The van der Waals surface area contributed by atoms with Crippen LogP contribution in [-0.4, -0.2) is 72.5 Å². The van der Waals surface area contributed by atoms with Gasteiger partial charge in [-0.3, -0.25) is 4.79 Å². The number of nitrogens with zero attached hydrogens (tertiary/aromatic N) is 2. The number of carbonyl (C=O) groups excluding carboxylic acids is 2. The lowest BCUT2D eigenvalue weighted by Crippen LogP contribution is -2.61. The Bertz CT molecular complexity index is 2140. The van der Waals surface area contributed by atoms with Crippen LogP contribution in [0.15, 0.2) is 95.9 Å². The third-order valence-electron chi connectivity index (χ3n) is 10.9. The standard InChI is InChI=1S/C43H49F2N3O7S/c1-42(2,3)55-41(50)46-31-26-32-18-19-33(27-31)48(32)40(49)39(43(44,45)30-16-21-36(22-17-30)53-34-10-6-5-7-11-34)47(4)56(51,52)38-23-15-28-24-37(20-14-29(28)25-38)54-35-12-8-9-13-35/h5-7,10-11,14-17,20-25,31-33,35,39H,8-9,12-13,18-19,26-27H2,1-4H3,(H,46,50). The van der Waals surface area contributed by atoms with Crippen LogP contribution in [-0.2, 0) is 25.5 Å². The number of amides is 2. The summed E-state index contributed by atoms with van der Waals surface area (Å²) in [6.07, 6.45) is 5.46. The summed E-state index contributed by atoms with van der Waals surface area (Å²) in [5.74, 6) is -3.48. The molecular formula is C43H49F2N3O7S. The summed E-state index contributed by atoms with van der Waals surface area (Å²) < 4.78 is 81.0. The van der Waals surface area contributed by atoms with Crippen LogP contribution in [0.25, 0.3) is 10.8 Å². The van der Waals surface area contributed by atoms with E-state index in [1.165, 1.54) is 29.2 Å². The van der Waals surface area contributed by atoms with Crippen LogP contribution in [0.3, 0.4) is 0 Å². The highest BCUT2D eigenvalue weighted by Crippen LogP contribution is 2.43. The van der Waals surface area contributed by atoms with E-state index in [1.807, 2.05) is 12.1 Å². The van der Waals surface area contributed by atoms with Crippen LogP contribution in [0.5, 0.6) is 17.2 Å². The summed E-state index contributed by atoms with van der Waals surface area (Å²) in [6.45, 7) is 5.27. The fraction of sp³-hybridized carbons (Fsp3) is 0.442. The van der Waals surface area contributed by atoms with Gasteiger partial charge in [-0.15, -0.1) is 0 Å². The van der Waals surface area contributed by atoms with E-state index in [2.05, 4.69) is 5.32 Å². The number of para-hydroxylation sites is 1. The van der Waals surface area contributed by atoms with E-state index in [-0.39, 0.29) is 17.0 Å². The lowest BCUT2D eigenvalue weighted by molar-refractivity contribution is -0.155. The number of halogens is 2. The molecule has 10 nitrogen and oxygen atoms in total. The summed E-state index contributed by atoms with van der Waals surface area (Å²) >= 11 is 0. The van der Waals surface area contributed by atoms with Gasteiger partial charge in [0, 0.05) is 30.7 Å². The highest BCUT2D eigenvalue weighted by Gasteiger charge is 2.56. The second kappa shape index (κ2) is 15.7. The predicted octanol–water partition coefficient (Wildman–Crippen LogP) is 8.78. The number of sulfonamides is 1. The van der Waals surface area contributed by atoms with E-state index in [4.69, 9.17) is 14.2 Å². The largest absolute Gasteiger partial charge is 0.490 e. The molecule has 1 saturated carbocycles. The number of fused-ring (bicyclic) bond motifs is 3. The van der Waals surface area contributed by atoms with Gasteiger partial charge in [0.2, 0.25) is 15.9 Å². The normalized spacial score (nSPS) is 20.9. The Balaban J connectivity index is 1.18. The van der Waals surface area contributed by atoms with E-state index in [0.717, 1.165) is 50.2 Å². The second-order valence-corrected chi connectivity index (χ2v) is 18.1. The molecule has 0 aromatic heterocycles. The van der Waals surface area contributed by atoms with Crippen molar-refractivity contribution in [3.8, 4) is 17.2 Å². The highest BCUT2D eigenvalue weighted by molar-refractivity contribution is 7.89. The Morgan fingerprint density at radius 3 is 2.04 bits per heavy atom. The van der Waals surface area contributed by atoms with E-state index < -0.39 is 57.2 Å². The number of alkyl halides is 2. The maximum Gasteiger partial charge on any atom is 0.407 e. The number of benzene rings is 4. The van der Waals surface area contributed by atoms with Crippen molar-refractivity contribution in [2.24, 2.45) is 0 Å². The van der Waals surface area contributed by atoms with Crippen LogP contribution < -0.4 is 14.8 Å². The zero-order valence-corrected chi connectivity index (χ0v) is 32.9. The van der Waals surface area contributed by atoms with Crippen LogP contribution in [0.4, 0.5) is 13.6 Å². The van der Waals surface area contributed by atoms with Crippen molar-refractivity contribution < 1.29 is 41.0 Å². The monoisotopic (exact) mass is 789 g/mol. The smallest absolute Gasteiger partial charge is 0.407 e. The van der Waals surface area contributed by atoms with Crippen LogP contribution in [0.2, 0.25) is 0 Å². The van der Waals surface area contributed by atoms with Gasteiger partial charge in [-0.2, -0.15) is 13.1 Å². The van der Waals surface area contributed by atoms with Gasteiger partial charge >= 0.3 is 6.09 Å². The molecule has 4 aromatic rings. The quantitative estimate of drug-likeness (QED) is 0.162. The molecule has 3 fully saturated rings. The first-order valence-electron chi connectivity index (χ1n) is 19.3. The first kappa shape index (κ1) is 39.5. The lowest BCUT2D eigenvalue weighted by atomic mass is 9.94. The van der Waals surface area contributed by atoms with Gasteiger partial charge in [0.1, 0.15) is 22.8 Å². The summed E-state index contributed by atoms with van der Waals surface area (Å²) in [4.78, 5) is 28.5. The Morgan fingerprint density at radius 1 is 0.804 bits per heavy atom. The minimum atomic E-state index is -4.66. The minimum Gasteiger partial charge on any atom is -0.490 e. The Hall–Kier alpha value is -4.75. The van der Waals surface area contributed by atoms with E-state index in [0.29, 0.717) is 52.6 Å². The Kier molecular flexibility index (Phi) is 11.0. The number of alkyl carbamates (subject to hydrolysis) is 1. The van der Waals surface area contributed by atoms with Crippen molar-refractivity contribution >= 4 is 32.8 Å². The number of ether oxygens (including phenoxy) is 3. The highest BCUT2D eigenvalue weighted by atomic mass is 32.2. The molecule has 298 valence electrons. The van der Waals surface area contributed by atoms with Gasteiger partial charge in [-0.1, -0.05) is 30.3 Å². The van der Waals surface area contributed by atoms with Crippen molar-refractivity contribution in [1.29, 1.82) is 0 Å². The summed E-state index contributed by atoms with van der Waals surface area (Å²) in [5.41, 5.74) is -1.25.